The number of nitrogens with two attached hydrogens (primary N) is 1. The average Bonchev–Trinajstić information content (AvgIpc) is 3.00. The van der Waals surface area contributed by atoms with Gasteiger partial charge in [0, 0.05) is 25.4 Å². The second kappa shape index (κ2) is 7.04. The molecule has 0 fully saturated rings. The molecule has 0 aliphatic rings. The van der Waals surface area contributed by atoms with E-state index in [9.17, 15) is 0 Å². The maximum absolute atomic E-state index is 5.95. The van der Waals surface area contributed by atoms with Gasteiger partial charge in [0.15, 0.2) is 5.96 Å². The zero-order chi connectivity index (χ0) is 16.9. The van der Waals surface area contributed by atoms with Crippen LogP contribution >= 0.6 is 0 Å². The van der Waals surface area contributed by atoms with Crippen LogP contribution in [0.15, 0.2) is 53.8 Å². The summed E-state index contributed by atoms with van der Waals surface area (Å²) in [6, 6.07) is 11.7. The standard InChI is InChI=1S/C18H21N5O/c1-13-6-5-11-23-12-14(21-17(13)23)9-10-20-18(19)22-15-7-3-4-8-16(15)24-2/h3-8,11-12H,9-10H2,1-2H3,(H3,19,20,22). The summed E-state index contributed by atoms with van der Waals surface area (Å²) >= 11 is 0. The zero-order valence-corrected chi connectivity index (χ0v) is 13.9. The molecule has 6 nitrogen and oxygen atoms in total. The number of guanidine groups is 1. The maximum Gasteiger partial charge on any atom is 0.193 e. The molecular formula is C18H21N5O. The number of nitrogens with zero attached hydrogens (tertiary/aromatic N) is 3. The Bertz CT molecular complexity index is 869. The highest BCUT2D eigenvalue weighted by Gasteiger charge is 2.04. The number of anilines is 1. The highest BCUT2D eigenvalue weighted by molar-refractivity contribution is 5.93. The maximum atomic E-state index is 5.95. The van der Waals surface area contributed by atoms with Crippen molar-refractivity contribution in [2.45, 2.75) is 13.3 Å². The minimum atomic E-state index is 0.361. The van der Waals surface area contributed by atoms with Crippen LogP contribution in [0.4, 0.5) is 5.69 Å². The van der Waals surface area contributed by atoms with Crippen LogP contribution in [0.3, 0.4) is 0 Å². The van der Waals surface area contributed by atoms with Gasteiger partial charge in [0.25, 0.3) is 0 Å². The van der Waals surface area contributed by atoms with Crippen LogP contribution in [0.2, 0.25) is 0 Å². The van der Waals surface area contributed by atoms with Gasteiger partial charge in [-0.05, 0) is 30.7 Å². The van der Waals surface area contributed by atoms with E-state index in [4.69, 9.17) is 10.5 Å². The Balaban J connectivity index is 1.63. The number of aliphatic imine (C=N–C) groups is 1. The Labute approximate surface area is 141 Å². The number of pyridine rings is 1. The minimum Gasteiger partial charge on any atom is -0.495 e. The second-order valence-corrected chi connectivity index (χ2v) is 5.50. The van der Waals surface area contributed by atoms with E-state index in [2.05, 4.69) is 28.3 Å². The highest BCUT2D eigenvalue weighted by Crippen LogP contribution is 2.22. The van der Waals surface area contributed by atoms with E-state index in [0.717, 1.165) is 34.8 Å². The van der Waals surface area contributed by atoms with Crippen LogP contribution in [0.5, 0.6) is 5.75 Å². The predicted octanol–water partition coefficient (Wildman–Crippen LogP) is 2.62. The van der Waals surface area contributed by atoms with Gasteiger partial charge in [-0.15, -0.1) is 0 Å². The summed E-state index contributed by atoms with van der Waals surface area (Å²) in [6.45, 7) is 2.62. The number of methoxy groups -OCH3 is 1. The Morgan fingerprint density at radius 3 is 2.92 bits per heavy atom. The lowest BCUT2D eigenvalue weighted by atomic mass is 10.3. The number of hydrogen-bond acceptors (Lipinski definition) is 3. The molecule has 0 saturated carbocycles. The third-order valence-corrected chi connectivity index (χ3v) is 3.75. The molecule has 3 aromatic rings. The first-order chi connectivity index (χ1) is 11.7. The van der Waals surface area contributed by atoms with E-state index in [1.165, 1.54) is 0 Å². The Hall–Kier alpha value is -3.02. The summed E-state index contributed by atoms with van der Waals surface area (Å²) < 4.78 is 7.31. The lowest BCUT2D eigenvalue weighted by Gasteiger charge is -2.09. The number of nitrogens with one attached hydrogen (secondary N) is 1. The fourth-order valence-corrected chi connectivity index (χ4v) is 2.54. The van der Waals surface area contributed by atoms with Crippen molar-refractivity contribution in [1.82, 2.24) is 9.38 Å². The molecule has 6 heteroatoms. The highest BCUT2D eigenvalue weighted by atomic mass is 16.5. The summed E-state index contributed by atoms with van der Waals surface area (Å²) in [5, 5.41) is 3.06. The lowest BCUT2D eigenvalue weighted by molar-refractivity contribution is 0.417. The van der Waals surface area contributed by atoms with Crippen molar-refractivity contribution < 1.29 is 4.74 Å². The molecule has 3 rings (SSSR count). The van der Waals surface area contributed by atoms with Gasteiger partial charge in [0.1, 0.15) is 11.4 Å². The molecule has 24 heavy (non-hydrogen) atoms. The summed E-state index contributed by atoms with van der Waals surface area (Å²) in [5.41, 5.74) is 9.88. The summed E-state index contributed by atoms with van der Waals surface area (Å²) in [5.74, 6) is 1.09. The molecule has 0 radical (unpaired) electrons. The molecular weight excluding hydrogens is 302 g/mol. The number of hydrogen-bond donors (Lipinski definition) is 2. The summed E-state index contributed by atoms with van der Waals surface area (Å²) in [6.07, 6.45) is 4.76. The topological polar surface area (TPSA) is 76.9 Å². The van der Waals surface area contributed by atoms with Crippen LogP contribution in [0.1, 0.15) is 11.3 Å². The quantitative estimate of drug-likeness (QED) is 0.559. The van der Waals surface area contributed by atoms with E-state index in [-0.39, 0.29) is 0 Å². The molecule has 0 saturated heterocycles. The summed E-state index contributed by atoms with van der Waals surface area (Å²) in [7, 11) is 1.62. The molecule has 1 aromatic carbocycles. The predicted molar refractivity (Wildman–Crippen MR) is 96.7 cm³/mol. The van der Waals surface area contributed by atoms with Crippen LogP contribution < -0.4 is 15.8 Å². The summed E-state index contributed by atoms with van der Waals surface area (Å²) in [4.78, 5) is 8.99. The van der Waals surface area contributed by atoms with Crippen molar-refractivity contribution in [1.29, 1.82) is 0 Å². The van der Waals surface area contributed by atoms with Crippen molar-refractivity contribution in [2.75, 3.05) is 19.0 Å². The third-order valence-electron chi connectivity index (χ3n) is 3.75. The number of aromatic nitrogens is 2. The molecule has 0 atom stereocenters. The zero-order valence-electron chi connectivity index (χ0n) is 13.9. The Morgan fingerprint density at radius 1 is 1.29 bits per heavy atom. The van der Waals surface area contributed by atoms with Crippen LogP contribution in [0.25, 0.3) is 5.65 Å². The van der Waals surface area contributed by atoms with Crippen molar-refractivity contribution in [2.24, 2.45) is 10.7 Å². The van der Waals surface area contributed by atoms with Gasteiger partial charge in [0.2, 0.25) is 0 Å². The van der Waals surface area contributed by atoms with Crippen LogP contribution in [-0.2, 0) is 6.42 Å². The first-order valence-corrected chi connectivity index (χ1v) is 7.80. The second-order valence-electron chi connectivity index (χ2n) is 5.50. The number of rotatable bonds is 5. The molecule has 0 aliphatic carbocycles. The largest absolute Gasteiger partial charge is 0.495 e. The molecule has 124 valence electrons. The monoisotopic (exact) mass is 323 g/mol. The fourth-order valence-electron chi connectivity index (χ4n) is 2.54. The Kier molecular flexibility index (Phi) is 4.65. The van der Waals surface area contributed by atoms with Gasteiger partial charge in [0.05, 0.1) is 18.5 Å². The van der Waals surface area contributed by atoms with Gasteiger partial charge >= 0.3 is 0 Å². The molecule has 0 amide bonds. The molecule has 0 spiro atoms. The minimum absolute atomic E-state index is 0.361. The molecule has 0 unspecified atom stereocenters. The normalized spacial score (nSPS) is 11.7. The smallest absolute Gasteiger partial charge is 0.193 e. The van der Waals surface area contributed by atoms with Gasteiger partial charge in [-0.3, -0.25) is 4.99 Å². The van der Waals surface area contributed by atoms with E-state index in [0.29, 0.717) is 12.5 Å². The number of aryl methyl sites for hydroxylation is 1. The third kappa shape index (κ3) is 3.48. The van der Waals surface area contributed by atoms with E-state index in [1.54, 1.807) is 7.11 Å². The van der Waals surface area contributed by atoms with Gasteiger partial charge < -0.3 is 20.2 Å². The molecule has 0 aliphatic heterocycles. The molecule has 2 heterocycles. The fraction of sp³-hybridized carbons (Fsp3) is 0.222. The molecule has 3 N–H and O–H groups in total. The van der Waals surface area contributed by atoms with Gasteiger partial charge in [-0.25, -0.2) is 4.98 Å². The van der Waals surface area contributed by atoms with Crippen molar-refractivity contribution in [3.63, 3.8) is 0 Å². The molecule has 2 aromatic heterocycles. The van der Waals surface area contributed by atoms with Gasteiger partial charge in [-0.2, -0.15) is 0 Å². The van der Waals surface area contributed by atoms with E-state index >= 15 is 0 Å². The first-order valence-electron chi connectivity index (χ1n) is 7.80. The van der Waals surface area contributed by atoms with Crippen LogP contribution in [0, 0.1) is 6.92 Å². The van der Waals surface area contributed by atoms with Crippen molar-refractivity contribution in [3.8, 4) is 5.75 Å². The number of para-hydroxylation sites is 2. The van der Waals surface area contributed by atoms with Crippen LogP contribution in [-0.4, -0.2) is 29.0 Å². The van der Waals surface area contributed by atoms with E-state index in [1.807, 2.05) is 47.1 Å². The van der Waals surface area contributed by atoms with Crippen molar-refractivity contribution in [3.05, 3.63) is 60.0 Å². The average molecular weight is 323 g/mol. The Morgan fingerprint density at radius 2 is 2.12 bits per heavy atom. The number of imidazole rings is 1. The molecule has 0 bridgehead atoms. The number of fused-ring (bicyclic) bond motifs is 1. The lowest BCUT2D eigenvalue weighted by Crippen LogP contribution is -2.23. The first kappa shape index (κ1) is 15.9. The SMILES string of the molecule is COc1ccccc1NC(N)=NCCc1cn2cccc(C)c2n1. The van der Waals surface area contributed by atoms with Crippen molar-refractivity contribution >= 4 is 17.3 Å². The van der Waals surface area contributed by atoms with Gasteiger partial charge in [-0.1, -0.05) is 18.2 Å². The van der Waals surface area contributed by atoms with E-state index < -0.39 is 0 Å². The number of ether oxygens (including phenoxy) is 1. The number of benzene rings is 1.